The topological polar surface area (TPSA) is 18.1 Å². The Labute approximate surface area is 380 Å². The molecule has 0 aliphatic rings. The molecule has 2 heterocycles. The summed E-state index contributed by atoms with van der Waals surface area (Å²) in [6.45, 7) is 0. The van der Waals surface area contributed by atoms with Gasteiger partial charge >= 0.3 is 0 Å². The maximum Gasteiger partial charge on any atom is 0.136 e. The van der Waals surface area contributed by atoms with Crippen molar-refractivity contribution in [1.82, 2.24) is 4.57 Å². The molecular formula is C64H39NO. The summed E-state index contributed by atoms with van der Waals surface area (Å²) in [7, 11) is 0. The fourth-order valence-corrected chi connectivity index (χ4v) is 11.1. The third kappa shape index (κ3) is 5.42. The number of aromatic nitrogens is 1. The summed E-state index contributed by atoms with van der Waals surface area (Å²) in [5.74, 6) is 0. The summed E-state index contributed by atoms with van der Waals surface area (Å²) >= 11 is 0. The van der Waals surface area contributed by atoms with Gasteiger partial charge in [0.1, 0.15) is 11.2 Å². The smallest absolute Gasteiger partial charge is 0.136 e. The molecule has 0 atom stereocenters. The highest BCUT2D eigenvalue weighted by Gasteiger charge is 2.22. The van der Waals surface area contributed by atoms with Crippen LogP contribution in [0, 0.1) is 0 Å². The van der Waals surface area contributed by atoms with Gasteiger partial charge in [0.15, 0.2) is 0 Å². The lowest BCUT2D eigenvalue weighted by molar-refractivity contribution is 0.669. The van der Waals surface area contributed by atoms with Crippen molar-refractivity contribution in [3.63, 3.8) is 0 Å². The predicted octanol–water partition coefficient (Wildman–Crippen LogP) is 18.0. The Bertz CT molecular complexity index is 4160. The van der Waals surface area contributed by atoms with Gasteiger partial charge in [-0.05, 0) is 119 Å². The zero-order valence-electron chi connectivity index (χ0n) is 35.9. The van der Waals surface area contributed by atoms with Gasteiger partial charge in [0.05, 0.1) is 16.7 Å². The van der Waals surface area contributed by atoms with Crippen LogP contribution in [0.4, 0.5) is 0 Å². The Morgan fingerprint density at radius 3 is 1.26 bits per heavy atom. The first-order valence-electron chi connectivity index (χ1n) is 22.8. The van der Waals surface area contributed by atoms with Crippen molar-refractivity contribution in [3.05, 3.63) is 237 Å². The third-order valence-corrected chi connectivity index (χ3v) is 13.9. The van der Waals surface area contributed by atoms with Crippen LogP contribution in [-0.4, -0.2) is 4.57 Å². The molecule has 0 amide bonds. The summed E-state index contributed by atoms with van der Waals surface area (Å²) in [4.78, 5) is 0. The average molecular weight is 838 g/mol. The molecule has 66 heavy (non-hydrogen) atoms. The van der Waals surface area contributed by atoms with Gasteiger partial charge in [-0.3, -0.25) is 0 Å². The molecule has 0 radical (unpaired) electrons. The summed E-state index contributed by atoms with van der Waals surface area (Å²) in [6, 6.07) is 86.4. The average Bonchev–Trinajstić information content (AvgIpc) is 3.92. The minimum Gasteiger partial charge on any atom is -0.456 e. The lowest BCUT2D eigenvalue weighted by Crippen LogP contribution is -1.99. The first kappa shape index (κ1) is 36.7. The van der Waals surface area contributed by atoms with Crippen LogP contribution in [0.5, 0.6) is 0 Å². The second-order valence-electron chi connectivity index (χ2n) is 17.5. The van der Waals surface area contributed by atoms with Crippen LogP contribution in [0.2, 0.25) is 0 Å². The molecule has 2 heteroatoms. The summed E-state index contributed by atoms with van der Waals surface area (Å²) in [5.41, 5.74) is 15.0. The molecule has 14 aromatic rings. The molecule has 0 N–H and O–H groups in total. The van der Waals surface area contributed by atoms with Gasteiger partial charge in [-0.2, -0.15) is 0 Å². The minimum atomic E-state index is 0.880. The number of furan rings is 1. The molecule has 0 saturated heterocycles. The van der Waals surface area contributed by atoms with Gasteiger partial charge in [0.25, 0.3) is 0 Å². The molecule has 0 bridgehead atoms. The van der Waals surface area contributed by atoms with Gasteiger partial charge in [0, 0.05) is 32.3 Å². The Morgan fingerprint density at radius 1 is 0.227 bits per heavy atom. The summed E-state index contributed by atoms with van der Waals surface area (Å²) in [5, 5.41) is 14.5. The van der Waals surface area contributed by atoms with Crippen LogP contribution >= 0.6 is 0 Å². The maximum absolute atomic E-state index is 6.78. The van der Waals surface area contributed by atoms with Crippen molar-refractivity contribution in [2.45, 2.75) is 0 Å². The van der Waals surface area contributed by atoms with E-state index >= 15 is 0 Å². The van der Waals surface area contributed by atoms with Crippen LogP contribution in [-0.2, 0) is 0 Å². The minimum absolute atomic E-state index is 0.880. The Kier molecular flexibility index (Phi) is 8.02. The fraction of sp³-hybridized carbons (Fsp3) is 0. The zero-order chi connectivity index (χ0) is 43.3. The Morgan fingerprint density at radius 2 is 0.652 bits per heavy atom. The van der Waals surface area contributed by atoms with Crippen LogP contribution in [0.15, 0.2) is 241 Å². The van der Waals surface area contributed by atoms with Crippen molar-refractivity contribution in [1.29, 1.82) is 0 Å². The number of rotatable bonds is 5. The number of nitrogens with zero attached hydrogens (tertiary/aromatic N) is 1. The van der Waals surface area contributed by atoms with E-state index in [2.05, 4.69) is 241 Å². The van der Waals surface area contributed by atoms with Crippen LogP contribution < -0.4 is 0 Å². The quantitative estimate of drug-likeness (QED) is 0.158. The van der Waals surface area contributed by atoms with Crippen LogP contribution in [0.3, 0.4) is 0 Å². The lowest BCUT2D eigenvalue weighted by atomic mass is 9.86. The van der Waals surface area contributed by atoms with E-state index in [1.165, 1.54) is 104 Å². The summed E-state index contributed by atoms with van der Waals surface area (Å²) < 4.78 is 9.28. The number of hydrogen-bond acceptors (Lipinski definition) is 1. The highest BCUT2D eigenvalue weighted by Crippen LogP contribution is 2.47. The van der Waals surface area contributed by atoms with E-state index in [0.717, 1.165) is 33.1 Å². The van der Waals surface area contributed by atoms with Crippen LogP contribution in [0.25, 0.3) is 137 Å². The standard InChI is InChI=1S/C64H39NO/c1-3-17-40(18-4-1)42-32-35-58-55(37-42)45-21-15-16-30-57(45)65(58)64-53-28-13-11-26-51(53)62(52-27-12-14-29-54(52)64)43-33-36-59-56(38-43)46-34-31-44(39-60(46)66-59)63-49-24-9-7-22-47(49)61(41-19-5-2-6-20-41)48-23-8-10-25-50(48)63/h1-39H. The predicted molar refractivity (Wildman–Crippen MR) is 280 cm³/mol. The molecule has 0 fully saturated rings. The van der Waals surface area contributed by atoms with E-state index in [4.69, 9.17) is 4.42 Å². The molecular weight excluding hydrogens is 799 g/mol. The van der Waals surface area contributed by atoms with Crippen molar-refractivity contribution >= 4 is 86.8 Å². The molecule has 14 rings (SSSR count). The number of benzene rings is 12. The second kappa shape index (κ2) is 14.4. The van der Waals surface area contributed by atoms with Gasteiger partial charge in [-0.1, -0.05) is 194 Å². The molecule has 306 valence electrons. The van der Waals surface area contributed by atoms with Crippen LogP contribution in [0.1, 0.15) is 0 Å². The van der Waals surface area contributed by atoms with Crippen molar-refractivity contribution in [2.24, 2.45) is 0 Å². The molecule has 2 nitrogen and oxygen atoms in total. The number of hydrogen-bond donors (Lipinski definition) is 0. The maximum atomic E-state index is 6.78. The van der Waals surface area contributed by atoms with E-state index < -0.39 is 0 Å². The van der Waals surface area contributed by atoms with Crippen molar-refractivity contribution in [2.75, 3.05) is 0 Å². The van der Waals surface area contributed by atoms with Gasteiger partial charge in [0.2, 0.25) is 0 Å². The van der Waals surface area contributed by atoms with Crippen molar-refractivity contribution < 1.29 is 4.42 Å². The highest BCUT2D eigenvalue weighted by molar-refractivity contribution is 6.24. The second-order valence-corrected chi connectivity index (χ2v) is 17.5. The fourth-order valence-electron chi connectivity index (χ4n) is 11.1. The molecule has 0 spiro atoms. The molecule has 0 saturated carbocycles. The Balaban J connectivity index is 0.963. The Hall–Kier alpha value is -8.72. The largest absolute Gasteiger partial charge is 0.456 e. The molecule has 0 aliphatic heterocycles. The molecule has 0 aliphatic carbocycles. The van der Waals surface area contributed by atoms with Gasteiger partial charge < -0.3 is 8.98 Å². The zero-order valence-corrected chi connectivity index (χ0v) is 35.9. The van der Waals surface area contributed by atoms with Gasteiger partial charge in [-0.15, -0.1) is 0 Å². The molecule has 2 aromatic heterocycles. The normalized spacial score (nSPS) is 11.9. The number of para-hydroxylation sites is 1. The highest BCUT2D eigenvalue weighted by atomic mass is 16.3. The van der Waals surface area contributed by atoms with Crippen molar-refractivity contribution in [3.8, 4) is 50.2 Å². The monoisotopic (exact) mass is 837 g/mol. The number of fused-ring (bicyclic) bond motifs is 10. The van der Waals surface area contributed by atoms with E-state index in [1.807, 2.05) is 0 Å². The molecule has 12 aromatic carbocycles. The van der Waals surface area contributed by atoms with E-state index in [1.54, 1.807) is 0 Å². The lowest BCUT2D eigenvalue weighted by Gasteiger charge is -2.19. The van der Waals surface area contributed by atoms with E-state index in [-0.39, 0.29) is 0 Å². The first-order valence-corrected chi connectivity index (χ1v) is 22.8. The summed E-state index contributed by atoms with van der Waals surface area (Å²) in [6.07, 6.45) is 0. The first-order chi connectivity index (χ1) is 32.8. The molecule has 0 unspecified atom stereocenters. The SMILES string of the molecule is c1ccc(-c2ccc3c(c2)c2ccccc2n3-c2c3ccccc3c(-c3ccc4oc5cc(-c6c7ccccc7c(-c7ccccc7)c7ccccc67)ccc5c4c3)c3ccccc23)cc1. The third-order valence-electron chi connectivity index (χ3n) is 13.9. The van der Waals surface area contributed by atoms with Gasteiger partial charge in [-0.25, -0.2) is 0 Å². The van der Waals surface area contributed by atoms with E-state index in [9.17, 15) is 0 Å². The van der Waals surface area contributed by atoms with E-state index in [0.29, 0.717) is 0 Å².